The summed E-state index contributed by atoms with van der Waals surface area (Å²) in [5, 5.41) is 0.805. The Kier molecular flexibility index (Phi) is 7.55. The average molecular weight is 347 g/mol. The van der Waals surface area contributed by atoms with Gasteiger partial charge in [-0.3, -0.25) is 4.79 Å². The molecule has 0 bridgehead atoms. The SMILES string of the molecule is C=CC(=O)SCCSCCC1CSC(c2ccco2)S1. The number of rotatable bonds is 8. The molecule has 1 aromatic heterocycles. The molecule has 0 aliphatic carbocycles. The quantitative estimate of drug-likeness (QED) is 0.501. The molecule has 0 spiro atoms. The Morgan fingerprint density at radius 3 is 3.15 bits per heavy atom. The van der Waals surface area contributed by atoms with Crippen LogP contribution in [0.2, 0.25) is 0 Å². The summed E-state index contributed by atoms with van der Waals surface area (Å²) in [4.78, 5) is 11.0. The summed E-state index contributed by atoms with van der Waals surface area (Å²) in [7, 11) is 0. The van der Waals surface area contributed by atoms with Gasteiger partial charge in [0, 0.05) is 22.5 Å². The van der Waals surface area contributed by atoms with E-state index in [0.29, 0.717) is 4.58 Å². The van der Waals surface area contributed by atoms with Crippen molar-refractivity contribution in [1.29, 1.82) is 0 Å². The first kappa shape index (κ1) is 16.5. The molecule has 2 rings (SSSR count). The highest BCUT2D eigenvalue weighted by Gasteiger charge is 2.28. The molecule has 2 nitrogen and oxygen atoms in total. The standard InChI is InChI=1S/C14H18O2S4/c1-2-13(15)18-9-8-17-7-5-11-10-19-14(20-11)12-4-3-6-16-12/h2-4,6,11,14H,1,5,7-10H2. The van der Waals surface area contributed by atoms with Crippen molar-refractivity contribution >= 4 is 52.2 Å². The number of hydrogen-bond donors (Lipinski definition) is 0. The molecule has 0 saturated carbocycles. The van der Waals surface area contributed by atoms with E-state index in [1.54, 1.807) is 6.26 Å². The van der Waals surface area contributed by atoms with Crippen LogP contribution in [0, 0.1) is 0 Å². The number of carbonyl (C=O) groups is 1. The van der Waals surface area contributed by atoms with Gasteiger partial charge in [-0.05, 0) is 30.4 Å². The molecule has 0 N–H and O–H groups in total. The van der Waals surface area contributed by atoms with Crippen molar-refractivity contribution in [3.63, 3.8) is 0 Å². The highest BCUT2D eigenvalue weighted by atomic mass is 32.2. The minimum atomic E-state index is 0.0784. The Morgan fingerprint density at radius 2 is 2.40 bits per heavy atom. The molecule has 1 fully saturated rings. The molecule has 110 valence electrons. The van der Waals surface area contributed by atoms with E-state index >= 15 is 0 Å². The van der Waals surface area contributed by atoms with Gasteiger partial charge in [-0.2, -0.15) is 11.8 Å². The van der Waals surface area contributed by atoms with E-state index in [4.69, 9.17) is 4.42 Å². The molecule has 1 saturated heterocycles. The van der Waals surface area contributed by atoms with E-state index in [1.807, 2.05) is 41.4 Å². The monoisotopic (exact) mass is 346 g/mol. The molecule has 1 aliphatic rings. The second-order valence-electron chi connectivity index (χ2n) is 4.21. The maximum absolute atomic E-state index is 11.0. The van der Waals surface area contributed by atoms with Gasteiger partial charge in [0.15, 0.2) is 0 Å². The molecule has 2 heterocycles. The molecule has 2 atom stereocenters. The van der Waals surface area contributed by atoms with E-state index < -0.39 is 0 Å². The van der Waals surface area contributed by atoms with Crippen molar-refractivity contribution in [1.82, 2.24) is 0 Å². The van der Waals surface area contributed by atoms with Crippen LogP contribution in [0.4, 0.5) is 0 Å². The lowest BCUT2D eigenvalue weighted by molar-refractivity contribution is -0.107. The van der Waals surface area contributed by atoms with E-state index in [-0.39, 0.29) is 5.12 Å². The lowest BCUT2D eigenvalue weighted by atomic mass is 10.4. The van der Waals surface area contributed by atoms with Gasteiger partial charge in [0.1, 0.15) is 10.3 Å². The van der Waals surface area contributed by atoms with Crippen LogP contribution in [0.3, 0.4) is 0 Å². The molecule has 0 radical (unpaired) electrons. The zero-order chi connectivity index (χ0) is 14.2. The molecule has 1 aliphatic heterocycles. The highest BCUT2D eigenvalue weighted by Crippen LogP contribution is 2.50. The third-order valence-electron chi connectivity index (χ3n) is 2.75. The molecule has 1 aromatic rings. The fourth-order valence-electron chi connectivity index (χ4n) is 1.75. The van der Waals surface area contributed by atoms with Crippen molar-refractivity contribution in [3.8, 4) is 0 Å². The average Bonchev–Trinajstić information content (AvgIpc) is 3.12. The summed E-state index contributed by atoms with van der Waals surface area (Å²) in [6.45, 7) is 3.47. The second kappa shape index (κ2) is 9.18. The van der Waals surface area contributed by atoms with Gasteiger partial charge >= 0.3 is 0 Å². The number of thioether (sulfide) groups is 4. The topological polar surface area (TPSA) is 30.2 Å². The summed E-state index contributed by atoms with van der Waals surface area (Å²) >= 11 is 7.30. The second-order valence-corrected chi connectivity index (χ2v) is 9.38. The van der Waals surface area contributed by atoms with Crippen molar-refractivity contribution in [2.24, 2.45) is 0 Å². The van der Waals surface area contributed by atoms with Crippen LogP contribution in [0.1, 0.15) is 16.8 Å². The predicted octanol–water partition coefficient (Wildman–Crippen LogP) is 4.70. The molecule has 20 heavy (non-hydrogen) atoms. The molecular weight excluding hydrogens is 328 g/mol. The maximum Gasteiger partial charge on any atom is 0.211 e. The predicted molar refractivity (Wildman–Crippen MR) is 94.9 cm³/mol. The van der Waals surface area contributed by atoms with Gasteiger partial charge < -0.3 is 4.42 Å². The molecule has 0 aromatic carbocycles. The zero-order valence-electron chi connectivity index (χ0n) is 11.2. The van der Waals surface area contributed by atoms with Gasteiger partial charge in [-0.15, -0.1) is 23.5 Å². The van der Waals surface area contributed by atoms with Crippen LogP contribution >= 0.6 is 47.0 Å². The van der Waals surface area contributed by atoms with Crippen molar-refractivity contribution < 1.29 is 9.21 Å². The van der Waals surface area contributed by atoms with Crippen LogP contribution < -0.4 is 0 Å². The van der Waals surface area contributed by atoms with Crippen molar-refractivity contribution in [2.45, 2.75) is 16.3 Å². The van der Waals surface area contributed by atoms with E-state index in [0.717, 1.165) is 22.5 Å². The normalized spacial score (nSPS) is 22.0. The Morgan fingerprint density at radius 1 is 1.50 bits per heavy atom. The number of furan rings is 1. The summed E-state index contributed by atoms with van der Waals surface area (Å²) < 4.78 is 5.94. The van der Waals surface area contributed by atoms with Crippen LogP contribution in [0.5, 0.6) is 0 Å². The van der Waals surface area contributed by atoms with Gasteiger partial charge in [0.05, 0.1) is 6.26 Å². The summed E-state index contributed by atoms with van der Waals surface area (Å²) in [6.07, 6.45) is 4.37. The Hall–Kier alpha value is 0.0900. The first-order valence-corrected chi connectivity index (χ1v) is 10.6. The third-order valence-corrected chi connectivity index (χ3v) is 8.23. The first-order chi connectivity index (χ1) is 9.79. The van der Waals surface area contributed by atoms with E-state index in [1.165, 1.54) is 35.8 Å². The fraction of sp³-hybridized carbons (Fsp3) is 0.500. The van der Waals surface area contributed by atoms with Crippen molar-refractivity contribution in [2.75, 3.05) is 23.0 Å². The summed E-state index contributed by atoms with van der Waals surface area (Å²) in [5.74, 6) is 5.40. The van der Waals surface area contributed by atoms with Crippen molar-refractivity contribution in [3.05, 3.63) is 36.8 Å². The highest BCUT2D eigenvalue weighted by molar-refractivity contribution is 8.19. The minimum absolute atomic E-state index is 0.0784. The van der Waals surface area contributed by atoms with Gasteiger partial charge in [0.25, 0.3) is 0 Å². The van der Waals surface area contributed by atoms with Crippen LogP contribution in [-0.4, -0.2) is 33.4 Å². The molecular formula is C14H18O2S4. The largest absolute Gasteiger partial charge is 0.467 e. The third kappa shape index (κ3) is 5.47. The molecule has 6 heteroatoms. The number of hydrogen-bond acceptors (Lipinski definition) is 6. The Balaban J connectivity index is 1.53. The molecule has 2 unspecified atom stereocenters. The van der Waals surface area contributed by atoms with Crippen LogP contribution in [-0.2, 0) is 4.79 Å². The first-order valence-electron chi connectivity index (χ1n) is 6.47. The minimum Gasteiger partial charge on any atom is -0.467 e. The van der Waals surface area contributed by atoms with Crippen LogP contribution in [0.25, 0.3) is 0 Å². The summed E-state index contributed by atoms with van der Waals surface area (Å²) in [5.41, 5.74) is 0. The smallest absolute Gasteiger partial charge is 0.211 e. The zero-order valence-corrected chi connectivity index (χ0v) is 14.4. The van der Waals surface area contributed by atoms with E-state index in [2.05, 4.69) is 12.6 Å². The lowest BCUT2D eigenvalue weighted by Crippen LogP contribution is -2.03. The van der Waals surface area contributed by atoms with Gasteiger partial charge in [-0.1, -0.05) is 18.3 Å². The Bertz CT molecular complexity index is 419. The maximum atomic E-state index is 11.0. The lowest BCUT2D eigenvalue weighted by Gasteiger charge is -2.08. The van der Waals surface area contributed by atoms with Gasteiger partial charge in [-0.25, -0.2) is 0 Å². The van der Waals surface area contributed by atoms with E-state index in [9.17, 15) is 4.79 Å². The van der Waals surface area contributed by atoms with Gasteiger partial charge in [0.2, 0.25) is 5.12 Å². The fourth-order valence-corrected chi connectivity index (χ4v) is 6.98. The Labute approximate surface area is 137 Å². The number of carbonyl (C=O) groups excluding carboxylic acids is 1. The molecule has 0 amide bonds. The van der Waals surface area contributed by atoms with Crippen LogP contribution in [0.15, 0.2) is 35.5 Å². The summed E-state index contributed by atoms with van der Waals surface area (Å²) in [6, 6.07) is 4.03.